The molecular weight excluding hydrogens is 464 g/mol. The van der Waals surface area contributed by atoms with Crippen molar-refractivity contribution in [2.24, 2.45) is 0 Å². The van der Waals surface area contributed by atoms with Crippen LogP contribution in [0.4, 0.5) is 5.69 Å². The Morgan fingerprint density at radius 3 is 2.54 bits per heavy atom. The van der Waals surface area contributed by atoms with Crippen molar-refractivity contribution in [1.82, 2.24) is 4.90 Å². The summed E-state index contributed by atoms with van der Waals surface area (Å²) in [6.45, 7) is 9.44. The number of fused-ring (bicyclic) bond motifs is 1. The predicted molar refractivity (Wildman–Crippen MR) is 147 cm³/mol. The van der Waals surface area contributed by atoms with E-state index in [-0.39, 0.29) is 5.91 Å². The molecule has 2 heterocycles. The molecule has 0 bridgehead atoms. The van der Waals surface area contributed by atoms with Crippen molar-refractivity contribution in [3.63, 3.8) is 0 Å². The van der Waals surface area contributed by atoms with E-state index in [1.54, 1.807) is 0 Å². The molecule has 5 rings (SSSR count). The zero-order valence-electron chi connectivity index (χ0n) is 21.6. The average molecular weight is 499 g/mol. The number of rotatable bonds is 7. The van der Waals surface area contributed by atoms with E-state index in [4.69, 9.17) is 14.2 Å². The molecule has 0 atom stereocenters. The average Bonchev–Trinajstić information content (AvgIpc) is 3.14. The molecule has 2 aliphatic heterocycles. The summed E-state index contributed by atoms with van der Waals surface area (Å²) in [5.74, 6) is 1.46. The summed E-state index contributed by atoms with van der Waals surface area (Å²) < 4.78 is 17.4. The van der Waals surface area contributed by atoms with Crippen LogP contribution in [0.2, 0.25) is 0 Å². The van der Waals surface area contributed by atoms with Crippen LogP contribution in [0.1, 0.15) is 23.1 Å². The molecule has 6 heteroatoms. The molecule has 6 nitrogen and oxygen atoms in total. The number of carbonyl (C=O) groups excluding carboxylic acids is 1. The number of benzene rings is 3. The lowest BCUT2D eigenvalue weighted by atomic mass is 10.00. The Morgan fingerprint density at radius 1 is 0.946 bits per heavy atom. The SMILES string of the molecule is Cc1ccc(-c2ccc3c(c2)C=C(C(=O)Nc2ccc(C)c(OCCN4CCOCC4)c2)CCO3)cc1. The highest BCUT2D eigenvalue weighted by molar-refractivity contribution is 6.07. The number of carbonyl (C=O) groups is 1. The molecule has 0 saturated carbocycles. The molecule has 1 fully saturated rings. The first kappa shape index (κ1) is 25.1. The van der Waals surface area contributed by atoms with Gasteiger partial charge in [0.1, 0.15) is 18.1 Å². The summed E-state index contributed by atoms with van der Waals surface area (Å²) in [7, 11) is 0. The van der Waals surface area contributed by atoms with Crippen molar-refractivity contribution in [1.29, 1.82) is 0 Å². The van der Waals surface area contributed by atoms with Crippen molar-refractivity contribution < 1.29 is 19.0 Å². The summed E-state index contributed by atoms with van der Waals surface area (Å²) in [4.78, 5) is 15.6. The molecule has 1 N–H and O–H groups in total. The number of amides is 1. The maximum absolute atomic E-state index is 13.2. The van der Waals surface area contributed by atoms with Crippen LogP contribution >= 0.6 is 0 Å². The molecule has 1 amide bonds. The van der Waals surface area contributed by atoms with E-state index in [1.807, 2.05) is 37.3 Å². The number of nitrogens with one attached hydrogen (secondary N) is 1. The largest absolute Gasteiger partial charge is 0.493 e. The molecule has 0 unspecified atom stereocenters. The minimum atomic E-state index is -0.125. The van der Waals surface area contributed by atoms with Gasteiger partial charge in [-0.1, -0.05) is 42.0 Å². The fraction of sp³-hybridized carbons (Fsp3) is 0.323. The summed E-state index contributed by atoms with van der Waals surface area (Å²) in [5, 5.41) is 3.06. The summed E-state index contributed by atoms with van der Waals surface area (Å²) in [5.41, 5.74) is 6.82. The van der Waals surface area contributed by atoms with Crippen LogP contribution in [0.3, 0.4) is 0 Å². The Morgan fingerprint density at radius 2 is 1.73 bits per heavy atom. The third kappa shape index (κ3) is 6.40. The lowest BCUT2D eigenvalue weighted by molar-refractivity contribution is -0.113. The lowest BCUT2D eigenvalue weighted by Gasteiger charge is -2.26. The van der Waals surface area contributed by atoms with Crippen LogP contribution in [0.15, 0.2) is 66.2 Å². The van der Waals surface area contributed by atoms with Crippen LogP contribution in [0.25, 0.3) is 17.2 Å². The van der Waals surface area contributed by atoms with Crippen LogP contribution in [0, 0.1) is 13.8 Å². The number of hydrogen-bond donors (Lipinski definition) is 1. The highest BCUT2D eigenvalue weighted by atomic mass is 16.5. The number of anilines is 1. The normalized spacial score (nSPS) is 15.7. The molecule has 0 aliphatic carbocycles. The van der Waals surface area contributed by atoms with Gasteiger partial charge < -0.3 is 19.5 Å². The second kappa shape index (κ2) is 11.6. The van der Waals surface area contributed by atoms with Gasteiger partial charge in [0.15, 0.2) is 0 Å². The van der Waals surface area contributed by atoms with Gasteiger partial charge in [-0.2, -0.15) is 0 Å². The zero-order valence-corrected chi connectivity index (χ0v) is 21.6. The summed E-state index contributed by atoms with van der Waals surface area (Å²) in [6, 6.07) is 20.4. The fourth-order valence-electron chi connectivity index (χ4n) is 4.58. The standard InChI is InChI=1S/C31H34N2O4/c1-22-3-6-24(7-4-22)25-8-10-29-27(19-25)20-26(11-15-36-29)31(34)32-28-9-5-23(2)30(21-28)37-18-14-33-12-16-35-17-13-33/h3-10,19-21H,11-18H2,1-2H3,(H,32,34). The minimum absolute atomic E-state index is 0.125. The van der Waals surface area contributed by atoms with E-state index in [2.05, 4.69) is 53.5 Å². The monoisotopic (exact) mass is 498 g/mol. The Balaban J connectivity index is 1.28. The highest BCUT2D eigenvalue weighted by Gasteiger charge is 2.17. The molecule has 0 radical (unpaired) electrons. The smallest absolute Gasteiger partial charge is 0.251 e. The topological polar surface area (TPSA) is 60.0 Å². The number of ether oxygens (including phenoxy) is 3. The van der Waals surface area contributed by atoms with Crippen molar-refractivity contribution >= 4 is 17.7 Å². The summed E-state index contributed by atoms with van der Waals surface area (Å²) in [6.07, 6.45) is 2.48. The van der Waals surface area contributed by atoms with Gasteiger partial charge in [0.2, 0.25) is 0 Å². The van der Waals surface area contributed by atoms with E-state index >= 15 is 0 Å². The third-order valence-corrected chi connectivity index (χ3v) is 6.86. The Kier molecular flexibility index (Phi) is 7.87. The molecule has 37 heavy (non-hydrogen) atoms. The zero-order chi connectivity index (χ0) is 25.6. The van der Waals surface area contributed by atoms with E-state index in [9.17, 15) is 4.79 Å². The van der Waals surface area contributed by atoms with Crippen LogP contribution in [-0.2, 0) is 9.53 Å². The van der Waals surface area contributed by atoms with Crippen molar-refractivity contribution in [2.45, 2.75) is 20.3 Å². The Bertz CT molecular complexity index is 1280. The number of aryl methyl sites for hydroxylation is 2. The molecule has 3 aromatic rings. The molecule has 2 aliphatic rings. The van der Waals surface area contributed by atoms with E-state index in [0.29, 0.717) is 25.2 Å². The molecule has 192 valence electrons. The minimum Gasteiger partial charge on any atom is -0.493 e. The Labute approximate surface area is 218 Å². The van der Waals surface area contributed by atoms with Gasteiger partial charge >= 0.3 is 0 Å². The third-order valence-electron chi connectivity index (χ3n) is 6.86. The van der Waals surface area contributed by atoms with Crippen LogP contribution < -0.4 is 14.8 Å². The van der Waals surface area contributed by atoms with E-state index < -0.39 is 0 Å². The molecular formula is C31H34N2O4. The molecule has 0 spiro atoms. The predicted octanol–water partition coefficient (Wildman–Crippen LogP) is 5.49. The first-order valence-electron chi connectivity index (χ1n) is 12.9. The number of morpholine rings is 1. The quantitative estimate of drug-likeness (QED) is 0.467. The molecule has 3 aromatic carbocycles. The first-order chi connectivity index (χ1) is 18.0. The first-order valence-corrected chi connectivity index (χ1v) is 12.9. The number of nitrogens with zero attached hydrogens (tertiary/aromatic N) is 1. The summed E-state index contributed by atoms with van der Waals surface area (Å²) >= 11 is 0. The van der Waals surface area contributed by atoms with Crippen LogP contribution in [-0.4, -0.2) is 56.9 Å². The maximum atomic E-state index is 13.2. The second-order valence-corrected chi connectivity index (χ2v) is 9.62. The Hall–Kier alpha value is -3.61. The highest BCUT2D eigenvalue weighted by Crippen LogP contribution is 2.32. The van der Waals surface area contributed by atoms with Gasteiger partial charge in [-0.05, 0) is 54.8 Å². The van der Waals surface area contributed by atoms with Crippen molar-refractivity contribution in [2.75, 3.05) is 51.4 Å². The van der Waals surface area contributed by atoms with Gasteiger partial charge in [0, 0.05) is 48.9 Å². The van der Waals surface area contributed by atoms with Gasteiger partial charge in [0.25, 0.3) is 5.91 Å². The van der Waals surface area contributed by atoms with Gasteiger partial charge in [-0.25, -0.2) is 0 Å². The molecule has 0 aromatic heterocycles. The number of hydrogen-bond acceptors (Lipinski definition) is 5. The van der Waals surface area contributed by atoms with Gasteiger partial charge in [-0.15, -0.1) is 0 Å². The second-order valence-electron chi connectivity index (χ2n) is 9.62. The van der Waals surface area contributed by atoms with Crippen molar-refractivity contribution in [3.05, 3.63) is 82.9 Å². The van der Waals surface area contributed by atoms with E-state index in [1.165, 1.54) is 5.56 Å². The van der Waals surface area contributed by atoms with Crippen LogP contribution in [0.5, 0.6) is 11.5 Å². The lowest BCUT2D eigenvalue weighted by Crippen LogP contribution is -2.38. The fourth-order valence-corrected chi connectivity index (χ4v) is 4.58. The van der Waals surface area contributed by atoms with Gasteiger partial charge in [0.05, 0.1) is 19.8 Å². The van der Waals surface area contributed by atoms with E-state index in [0.717, 1.165) is 72.3 Å². The maximum Gasteiger partial charge on any atom is 0.251 e. The van der Waals surface area contributed by atoms with Crippen molar-refractivity contribution in [3.8, 4) is 22.6 Å². The molecule has 1 saturated heterocycles. The van der Waals surface area contributed by atoms with Gasteiger partial charge in [-0.3, -0.25) is 9.69 Å².